The molecule has 0 saturated heterocycles. The van der Waals surface area contributed by atoms with E-state index < -0.39 is 0 Å². The van der Waals surface area contributed by atoms with Crippen molar-refractivity contribution in [2.24, 2.45) is 0 Å². The van der Waals surface area contributed by atoms with E-state index in [1.165, 1.54) is 10.3 Å². The minimum atomic E-state index is -0.203. The van der Waals surface area contributed by atoms with Crippen LogP contribution in [0.5, 0.6) is 0 Å². The van der Waals surface area contributed by atoms with Gasteiger partial charge < -0.3 is 10.4 Å². The Labute approximate surface area is 112 Å². The molecular weight excluding hydrogens is 244 g/mol. The highest BCUT2D eigenvalue weighted by Crippen LogP contribution is 2.22. The van der Waals surface area contributed by atoms with Crippen LogP contribution in [-0.4, -0.2) is 22.7 Å². The monoisotopic (exact) mass is 264 g/mol. The maximum absolute atomic E-state index is 9.19. The summed E-state index contributed by atoms with van der Waals surface area (Å²) in [6.07, 6.45) is 3.59. The Morgan fingerprint density at radius 2 is 2.28 bits per heavy atom. The Morgan fingerprint density at radius 1 is 1.44 bits per heavy atom. The Balaban J connectivity index is 1.89. The quantitative estimate of drug-likeness (QED) is 0.788. The zero-order chi connectivity index (χ0) is 13.0. The fourth-order valence-corrected chi connectivity index (χ4v) is 2.72. The number of rotatable bonds is 6. The van der Waals surface area contributed by atoms with Crippen molar-refractivity contribution in [2.45, 2.75) is 38.8 Å². The average Bonchev–Trinajstić information content (AvgIpc) is 2.81. The number of nitrogens with one attached hydrogen (secondary N) is 1. The number of pyridine rings is 1. The number of thiophene rings is 1. The first-order valence-electron chi connectivity index (χ1n) is 6.41. The van der Waals surface area contributed by atoms with Gasteiger partial charge in [-0.25, -0.2) is 0 Å². The van der Waals surface area contributed by atoms with Gasteiger partial charge in [-0.2, -0.15) is 0 Å². The molecule has 3 nitrogen and oxygen atoms in total. The van der Waals surface area contributed by atoms with Crippen LogP contribution in [0.15, 0.2) is 23.7 Å². The summed E-state index contributed by atoms with van der Waals surface area (Å²) in [5, 5.41) is 14.7. The first-order chi connectivity index (χ1) is 8.66. The van der Waals surface area contributed by atoms with Crippen molar-refractivity contribution < 1.29 is 5.11 Å². The fraction of sp³-hybridized carbons (Fsp3) is 0.500. The van der Waals surface area contributed by atoms with E-state index in [2.05, 4.69) is 28.7 Å². The minimum Gasteiger partial charge on any atom is -0.393 e. The molecule has 0 fully saturated rings. The molecule has 2 atom stereocenters. The molecule has 0 aliphatic carbocycles. The molecule has 2 unspecified atom stereocenters. The lowest BCUT2D eigenvalue weighted by atomic mass is 10.1. The molecule has 0 aliphatic heterocycles. The van der Waals surface area contributed by atoms with E-state index in [1.54, 1.807) is 11.3 Å². The molecule has 0 saturated carbocycles. The van der Waals surface area contributed by atoms with Crippen molar-refractivity contribution in [3.05, 3.63) is 29.3 Å². The predicted molar refractivity (Wildman–Crippen MR) is 77.0 cm³/mol. The van der Waals surface area contributed by atoms with E-state index >= 15 is 0 Å². The molecule has 18 heavy (non-hydrogen) atoms. The van der Waals surface area contributed by atoms with Crippen molar-refractivity contribution in [2.75, 3.05) is 6.54 Å². The van der Waals surface area contributed by atoms with Crippen molar-refractivity contribution in [3.8, 4) is 0 Å². The summed E-state index contributed by atoms with van der Waals surface area (Å²) in [6.45, 7) is 4.91. The van der Waals surface area contributed by atoms with E-state index in [-0.39, 0.29) is 6.10 Å². The third-order valence-corrected chi connectivity index (χ3v) is 3.93. The Kier molecular flexibility index (Phi) is 4.69. The number of aliphatic hydroxyl groups is 1. The van der Waals surface area contributed by atoms with Crippen LogP contribution in [-0.2, 0) is 0 Å². The van der Waals surface area contributed by atoms with Gasteiger partial charge >= 0.3 is 0 Å². The third-order valence-electron chi connectivity index (χ3n) is 3.07. The van der Waals surface area contributed by atoms with Crippen LogP contribution in [0.4, 0.5) is 0 Å². The molecule has 0 bridgehead atoms. The van der Waals surface area contributed by atoms with Crippen LogP contribution in [0, 0.1) is 0 Å². The highest BCUT2D eigenvalue weighted by Gasteiger charge is 2.07. The van der Waals surface area contributed by atoms with E-state index in [9.17, 15) is 5.11 Å². The number of hydrogen-bond acceptors (Lipinski definition) is 4. The van der Waals surface area contributed by atoms with Gasteiger partial charge in [-0.05, 0) is 56.3 Å². The van der Waals surface area contributed by atoms with Gasteiger partial charge in [-0.15, -0.1) is 11.3 Å². The highest BCUT2D eigenvalue weighted by molar-refractivity contribution is 7.17. The Morgan fingerprint density at radius 3 is 3.06 bits per heavy atom. The number of fused-ring (bicyclic) bond motifs is 1. The first-order valence-corrected chi connectivity index (χ1v) is 7.29. The van der Waals surface area contributed by atoms with Gasteiger partial charge in [0.25, 0.3) is 0 Å². The van der Waals surface area contributed by atoms with Crippen molar-refractivity contribution in [1.29, 1.82) is 0 Å². The summed E-state index contributed by atoms with van der Waals surface area (Å²) in [6, 6.07) is 4.56. The second kappa shape index (κ2) is 6.27. The standard InChI is InChI=1S/C14H20N2OS/c1-10(17)4-3-6-15-11(2)12-8-14-13(16-9-12)5-7-18-14/h5,7-11,15,17H,3-4,6H2,1-2H3. The highest BCUT2D eigenvalue weighted by atomic mass is 32.1. The number of nitrogens with zero attached hydrogens (tertiary/aromatic N) is 1. The molecule has 2 rings (SSSR count). The topological polar surface area (TPSA) is 45.1 Å². The summed E-state index contributed by atoms with van der Waals surface area (Å²) in [4.78, 5) is 4.45. The van der Waals surface area contributed by atoms with E-state index in [4.69, 9.17) is 0 Å². The van der Waals surface area contributed by atoms with Gasteiger partial charge in [0, 0.05) is 12.2 Å². The molecule has 2 heterocycles. The number of aromatic nitrogens is 1. The van der Waals surface area contributed by atoms with Crippen LogP contribution in [0.25, 0.3) is 10.2 Å². The summed E-state index contributed by atoms with van der Waals surface area (Å²) in [5.74, 6) is 0. The molecule has 2 aromatic heterocycles. The van der Waals surface area contributed by atoms with Gasteiger partial charge in [0.15, 0.2) is 0 Å². The van der Waals surface area contributed by atoms with Gasteiger partial charge in [-0.3, -0.25) is 4.98 Å². The van der Waals surface area contributed by atoms with Gasteiger partial charge in [0.2, 0.25) is 0 Å². The van der Waals surface area contributed by atoms with Gasteiger partial charge in [0.1, 0.15) is 0 Å². The average molecular weight is 264 g/mol. The lowest BCUT2D eigenvalue weighted by Gasteiger charge is -2.14. The predicted octanol–water partition coefficient (Wildman–Crippen LogP) is 3.11. The lowest BCUT2D eigenvalue weighted by molar-refractivity contribution is 0.181. The second-order valence-corrected chi connectivity index (χ2v) is 5.69. The maximum Gasteiger partial charge on any atom is 0.0809 e. The largest absolute Gasteiger partial charge is 0.393 e. The molecule has 4 heteroatoms. The van der Waals surface area contributed by atoms with Crippen LogP contribution in [0.3, 0.4) is 0 Å². The van der Waals surface area contributed by atoms with Crippen LogP contribution in [0.2, 0.25) is 0 Å². The number of aliphatic hydroxyl groups excluding tert-OH is 1. The smallest absolute Gasteiger partial charge is 0.0809 e. The lowest BCUT2D eigenvalue weighted by Crippen LogP contribution is -2.20. The first kappa shape index (κ1) is 13.5. The van der Waals surface area contributed by atoms with Gasteiger partial charge in [0.05, 0.1) is 16.3 Å². The molecule has 98 valence electrons. The van der Waals surface area contributed by atoms with Crippen LogP contribution >= 0.6 is 11.3 Å². The second-order valence-electron chi connectivity index (χ2n) is 4.74. The molecule has 0 spiro atoms. The number of hydrogen-bond donors (Lipinski definition) is 2. The molecular formula is C14H20N2OS. The van der Waals surface area contributed by atoms with Crippen LogP contribution in [0.1, 0.15) is 38.3 Å². The summed E-state index contributed by atoms with van der Waals surface area (Å²) < 4.78 is 1.24. The van der Waals surface area contributed by atoms with Gasteiger partial charge in [-0.1, -0.05) is 0 Å². The maximum atomic E-state index is 9.19. The van der Waals surface area contributed by atoms with Crippen molar-refractivity contribution >= 4 is 21.6 Å². The summed E-state index contributed by atoms with van der Waals surface area (Å²) in [5.41, 5.74) is 2.30. The van der Waals surface area contributed by atoms with E-state index in [1.807, 2.05) is 19.2 Å². The molecule has 0 radical (unpaired) electrons. The molecule has 0 aromatic carbocycles. The summed E-state index contributed by atoms with van der Waals surface area (Å²) >= 11 is 1.73. The van der Waals surface area contributed by atoms with E-state index in [0.717, 1.165) is 24.9 Å². The zero-order valence-electron chi connectivity index (χ0n) is 10.9. The normalized spacial score (nSPS) is 14.8. The van der Waals surface area contributed by atoms with E-state index in [0.29, 0.717) is 6.04 Å². The molecule has 0 aliphatic rings. The zero-order valence-corrected chi connectivity index (χ0v) is 11.7. The van der Waals surface area contributed by atoms with Crippen molar-refractivity contribution in [3.63, 3.8) is 0 Å². The third kappa shape index (κ3) is 3.51. The minimum absolute atomic E-state index is 0.203. The fourth-order valence-electron chi connectivity index (χ4n) is 1.93. The molecule has 2 N–H and O–H groups in total. The van der Waals surface area contributed by atoms with Crippen molar-refractivity contribution in [1.82, 2.24) is 10.3 Å². The summed E-state index contributed by atoms with van der Waals surface area (Å²) in [7, 11) is 0. The molecule has 2 aromatic rings. The Bertz CT molecular complexity index is 495. The molecule has 0 amide bonds. The SMILES string of the molecule is CC(O)CCCNC(C)c1cnc2ccsc2c1. The van der Waals surface area contributed by atoms with Crippen LogP contribution < -0.4 is 5.32 Å². The Hall–Kier alpha value is -0.970.